The molecule has 0 bridgehead atoms. The molecule has 0 aliphatic rings. The summed E-state index contributed by atoms with van der Waals surface area (Å²) < 4.78 is 20.1. The largest absolute Gasteiger partial charge is 0.421 e. The van der Waals surface area contributed by atoms with Gasteiger partial charge in [0.05, 0.1) is 34.7 Å². The molecule has 3 aromatic heterocycles. The number of fused-ring (bicyclic) bond motifs is 3. The molecule has 0 amide bonds. The van der Waals surface area contributed by atoms with Crippen LogP contribution in [0.2, 0.25) is 0 Å². The van der Waals surface area contributed by atoms with Gasteiger partial charge in [0, 0.05) is 19.0 Å². The summed E-state index contributed by atoms with van der Waals surface area (Å²) in [7, 11) is 3.65. The predicted octanol–water partition coefficient (Wildman–Crippen LogP) is 3.58. The van der Waals surface area contributed by atoms with Crippen LogP contribution in [0.4, 0.5) is 15.9 Å². The highest BCUT2D eigenvalue weighted by atomic mass is 32.2. The number of hydrogen-bond donors (Lipinski definition) is 4. The van der Waals surface area contributed by atoms with Gasteiger partial charge in [0.25, 0.3) is 0 Å². The molecule has 0 aliphatic carbocycles. The van der Waals surface area contributed by atoms with Crippen molar-refractivity contribution in [1.82, 2.24) is 30.2 Å². The molecule has 0 radical (unpaired) electrons. The molecular weight excluding hydrogens is 459 g/mol. The Morgan fingerprint density at radius 3 is 2.68 bits per heavy atom. The molecule has 0 atom stereocenters. The first-order chi connectivity index (χ1) is 16.6. The molecule has 178 valence electrons. The highest BCUT2D eigenvalue weighted by Crippen LogP contribution is 2.35. The summed E-state index contributed by atoms with van der Waals surface area (Å²) in [5.41, 5.74) is 1.86. The Balaban J connectivity index is 1.69. The molecule has 0 unspecified atom stereocenters. The number of benzene rings is 1. The SMILES string of the molecule is CNCCCCNc1nc(Oc2cnc(SCC=O)nc2)nc2[nH]c3c(NC)cc(F)cc3c12. The van der Waals surface area contributed by atoms with E-state index >= 15 is 0 Å². The number of unbranched alkanes of at least 4 members (excludes halogenated alkanes) is 1. The quantitative estimate of drug-likeness (QED) is 0.102. The van der Waals surface area contributed by atoms with E-state index in [1.54, 1.807) is 7.05 Å². The minimum Gasteiger partial charge on any atom is -0.421 e. The van der Waals surface area contributed by atoms with E-state index in [0.717, 1.165) is 31.2 Å². The fourth-order valence-corrected chi connectivity index (χ4v) is 3.96. The topological polar surface area (TPSA) is 130 Å². The summed E-state index contributed by atoms with van der Waals surface area (Å²) in [5.74, 6) is 0.817. The maximum atomic E-state index is 14.3. The van der Waals surface area contributed by atoms with E-state index in [1.165, 1.54) is 36.3 Å². The van der Waals surface area contributed by atoms with Gasteiger partial charge in [-0.3, -0.25) is 0 Å². The summed E-state index contributed by atoms with van der Waals surface area (Å²) in [4.78, 5) is 31.2. The number of ether oxygens (including phenoxy) is 1. The minimum atomic E-state index is -0.359. The average molecular weight is 485 g/mol. The van der Waals surface area contributed by atoms with Crippen LogP contribution >= 0.6 is 11.8 Å². The van der Waals surface area contributed by atoms with Gasteiger partial charge in [0.15, 0.2) is 10.9 Å². The van der Waals surface area contributed by atoms with Crippen molar-refractivity contribution in [2.45, 2.75) is 18.0 Å². The molecular formula is C22H25FN8O2S. The number of rotatable bonds is 12. The molecule has 0 spiro atoms. The molecule has 34 heavy (non-hydrogen) atoms. The Hall–Kier alpha value is -3.51. The number of carbonyl (C=O) groups is 1. The Kier molecular flexibility index (Phi) is 7.70. The number of carbonyl (C=O) groups excluding carboxylic acids is 1. The zero-order valence-electron chi connectivity index (χ0n) is 18.8. The van der Waals surface area contributed by atoms with Gasteiger partial charge in [0.2, 0.25) is 0 Å². The second kappa shape index (κ2) is 11.1. The molecule has 1 aromatic carbocycles. The summed E-state index contributed by atoms with van der Waals surface area (Å²) in [6.45, 7) is 1.60. The summed E-state index contributed by atoms with van der Waals surface area (Å²) in [6.07, 6.45) is 5.71. The standard InChI is InChI=1S/C22H25FN8O2S/c1-24-5-3-4-6-26-19-17-15-9-13(23)10-16(25-2)18(15)29-20(17)31-21(30-19)33-14-11-27-22(28-12-14)34-8-7-32/h7,9-12,24-25H,3-6,8H2,1-2H3,(H2,26,29,30,31). The number of aldehydes is 1. The van der Waals surface area contributed by atoms with Crippen LogP contribution in [0.15, 0.2) is 29.7 Å². The Morgan fingerprint density at radius 2 is 1.94 bits per heavy atom. The lowest BCUT2D eigenvalue weighted by Gasteiger charge is -2.10. The second-order valence-electron chi connectivity index (χ2n) is 7.35. The van der Waals surface area contributed by atoms with Crippen LogP contribution in [0, 0.1) is 5.82 Å². The highest BCUT2D eigenvalue weighted by molar-refractivity contribution is 7.99. The van der Waals surface area contributed by atoms with Gasteiger partial charge >= 0.3 is 6.01 Å². The lowest BCUT2D eigenvalue weighted by atomic mass is 10.1. The van der Waals surface area contributed by atoms with E-state index in [2.05, 4.69) is 40.9 Å². The van der Waals surface area contributed by atoms with Crippen molar-refractivity contribution >= 4 is 51.5 Å². The van der Waals surface area contributed by atoms with Gasteiger partial charge in [-0.25, -0.2) is 14.4 Å². The van der Waals surface area contributed by atoms with Gasteiger partial charge in [-0.05, 0) is 38.6 Å². The Bertz CT molecular complexity index is 1280. The smallest absolute Gasteiger partial charge is 0.326 e. The van der Waals surface area contributed by atoms with E-state index in [9.17, 15) is 9.18 Å². The van der Waals surface area contributed by atoms with Crippen LogP contribution in [-0.2, 0) is 4.79 Å². The van der Waals surface area contributed by atoms with Crippen LogP contribution in [0.1, 0.15) is 12.8 Å². The first-order valence-electron chi connectivity index (χ1n) is 10.8. The first-order valence-corrected chi connectivity index (χ1v) is 11.8. The maximum Gasteiger partial charge on any atom is 0.326 e. The van der Waals surface area contributed by atoms with E-state index in [-0.39, 0.29) is 17.6 Å². The third-order valence-electron chi connectivity index (χ3n) is 5.01. The van der Waals surface area contributed by atoms with Crippen LogP contribution in [0.25, 0.3) is 21.9 Å². The first kappa shape index (κ1) is 23.6. The summed E-state index contributed by atoms with van der Waals surface area (Å²) in [6, 6.07) is 2.99. The van der Waals surface area contributed by atoms with E-state index in [1.807, 2.05) is 7.05 Å². The van der Waals surface area contributed by atoms with Gasteiger partial charge < -0.3 is 30.5 Å². The summed E-state index contributed by atoms with van der Waals surface area (Å²) >= 11 is 1.23. The Morgan fingerprint density at radius 1 is 1.15 bits per heavy atom. The van der Waals surface area contributed by atoms with Crippen molar-refractivity contribution in [3.05, 3.63) is 30.3 Å². The number of H-pyrrole nitrogens is 1. The second-order valence-corrected chi connectivity index (χ2v) is 8.33. The normalized spacial score (nSPS) is 11.1. The molecule has 4 N–H and O–H groups in total. The van der Waals surface area contributed by atoms with Crippen molar-refractivity contribution in [2.75, 3.05) is 43.6 Å². The van der Waals surface area contributed by atoms with E-state index in [0.29, 0.717) is 45.4 Å². The zero-order chi connectivity index (χ0) is 23.9. The number of halogens is 1. The molecule has 12 heteroatoms. The van der Waals surface area contributed by atoms with Crippen LogP contribution in [0.3, 0.4) is 0 Å². The Labute approximate surface area is 199 Å². The van der Waals surface area contributed by atoms with Crippen molar-refractivity contribution in [1.29, 1.82) is 0 Å². The fourth-order valence-electron chi connectivity index (χ4n) is 3.49. The number of anilines is 2. The third kappa shape index (κ3) is 5.34. The fraction of sp³-hybridized carbons (Fsp3) is 0.318. The molecule has 0 saturated heterocycles. The number of aromatic nitrogens is 5. The van der Waals surface area contributed by atoms with Crippen molar-refractivity contribution < 1.29 is 13.9 Å². The molecule has 4 aromatic rings. The van der Waals surface area contributed by atoms with Gasteiger partial charge in [-0.15, -0.1) is 0 Å². The van der Waals surface area contributed by atoms with Crippen LogP contribution in [0.5, 0.6) is 11.8 Å². The van der Waals surface area contributed by atoms with Gasteiger partial charge in [-0.2, -0.15) is 9.97 Å². The molecule has 10 nitrogen and oxygen atoms in total. The van der Waals surface area contributed by atoms with Crippen molar-refractivity contribution in [3.8, 4) is 11.8 Å². The average Bonchev–Trinajstić information content (AvgIpc) is 3.21. The number of aromatic amines is 1. The molecule has 3 heterocycles. The van der Waals surface area contributed by atoms with Gasteiger partial charge in [0.1, 0.15) is 23.6 Å². The van der Waals surface area contributed by atoms with E-state index in [4.69, 9.17) is 4.74 Å². The molecule has 0 saturated carbocycles. The van der Waals surface area contributed by atoms with Crippen molar-refractivity contribution in [3.63, 3.8) is 0 Å². The lowest BCUT2D eigenvalue weighted by Crippen LogP contribution is -2.11. The van der Waals surface area contributed by atoms with Crippen molar-refractivity contribution in [2.24, 2.45) is 0 Å². The molecule has 0 aliphatic heterocycles. The highest BCUT2D eigenvalue weighted by Gasteiger charge is 2.18. The summed E-state index contributed by atoms with van der Waals surface area (Å²) in [5, 5.41) is 11.3. The number of thioether (sulfide) groups is 1. The number of hydrogen-bond acceptors (Lipinski definition) is 10. The van der Waals surface area contributed by atoms with Crippen LogP contribution in [-0.4, -0.2) is 64.1 Å². The minimum absolute atomic E-state index is 0.0974. The zero-order valence-corrected chi connectivity index (χ0v) is 19.6. The number of nitrogens with zero attached hydrogens (tertiary/aromatic N) is 4. The monoisotopic (exact) mass is 484 g/mol. The molecule has 4 rings (SSSR count). The van der Waals surface area contributed by atoms with Crippen LogP contribution < -0.4 is 20.7 Å². The maximum absolute atomic E-state index is 14.3. The number of nitrogens with one attached hydrogen (secondary N) is 4. The predicted molar refractivity (Wildman–Crippen MR) is 131 cm³/mol. The van der Waals surface area contributed by atoms with E-state index < -0.39 is 0 Å². The lowest BCUT2D eigenvalue weighted by molar-refractivity contribution is -0.105. The third-order valence-corrected chi connectivity index (χ3v) is 5.79. The molecule has 0 fully saturated rings. The van der Waals surface area contributed by atoms with Gasteiger partial charge in [-0.1, -0.05) is 11.8 Å².